The Morgan fingerprint density at radius 3 is 2.28 bits per heavy atom. The zero-order valence-electron chi connectivity index (χ0n) is 11.4. The monoisotopic (exact) mass is 245 g/mol. The van der Waals surface area contributed by atoms with Crippen LogP contribution in [0.5, 0.6) is 0 Å². The minimum Gasteiger partial charge on any atom is -0.378 e. The van der Waals surface area contributed by atoms with Crippen molar-refractivity contribution >= 4 is 5.69 Å². The van der Waals surface area contributed by atoms with Gasteiger partial charge in [0.05, 0.1) is 0 Å². The quantitative estimate of drug-likeness (QED) is 0.868. The number of fused-ring (bicyclic) bond motifs is 1. The van der Waals surface area contributed by atoms with Gasteiger partial charge in [-0.1, -0.05) is 12.1 Å². The molecule has 3 rings (SSSR count). The zero-order valence-corrected chi connectivity index (χ0v) is 11.4. The molecule has 1 aromatic rings. The molecule has 0 amide bonds. The van der Waals surface area contributed by atoms with Gasteiger partial charge in [0.25, 0.3) is 0 Å². The number of rotatable bonds is 3. The summed E-state index contributed by atoms with van der Waals surface area (Å²) in [5.41, 5.74) is 2.72. The number of hydrogen-bond donors (Lipinski definition) is 1. The summed E-state index contributed by atoms with van der Waals surface area (Å²) in [4.78, 5) is 4.76. The van der Waals surface area contributed by atoms with Gasteiger partial charge in [-0.3, -0.25) is 4.90 Å². The van der Waals surface area contributed by atoms with Crippen LogP contribution in [0.4, 0.5) is 5.69 Å². The molecule has 2 heterocycles. The van der Waals surface area contributed by atoms with Gasteiger partial charge in [-0.05, 0) is 42.6 Å². The van der Waals surface area contributed by atoms with Crippen LogP contribution in [0.3, 0.4) is 0 Å². The molecular formula is C15H23N3. The first-order chi connectivity index (χ1) is 8.72. The fourth-order valence-electron chi connectivity index (χ4n) is 3.24. The first kappa shape index (κ1) is 12.0. The van der Waals surface area contributed by atoms with E-state index in [1.165, 1.54) is 37.4 Å². The van der Waals surface area contributed by atoms with Crippen LogP contribution in [0.25, 0.3) is 0 Å². The molecule has 0 aromatic heterocycles. The van der Waals surface area contributed by atoms with E-state index in [1.54, 1.807) is 0 Å². The summed E-state index contributed by atoms with van der Waals surface area (Å²) in [5, 5.41) is 3.50. The molecule has 18 heavy (non-hydrogen) atoms. The van der Waals surface area contributed by atoms with E-state index in [2.05, 4.69) is 53.5 Å². The molecule has 1 N–H and O–H groups in total. The van der Waals surface area contributed by atoms with Gasteiger partial charge in [0.15, 0.2) is 0 Å². The third kappa shape index (κ3) is 2.38. The molecule has 2 saturated heterocycles. The molecule has 2 atom stereocenters. The third-order valence-electron chi connectivity index (χ3n) is 4.32. The van der Waals surface area contributed by atoms with E-state index < -0.39 is 0 Å². The number of benzene rings is 1. The van der Waals surface area contributed by atoms with E-state index >= 15 is 0 Å². The van der Waals surface area contributed by atoms with E-state index in [1.807, 2.05) is 0 Å². The summed E-state index contributed by atoms with van der Waals surface area (Å²) < 4.78 is 0. The Bertz CT molecular complexity index is 387. The van der Waals surface area contributed by atoms with E-state index in [4.69, 9.17) is 0 Å². The maximum Gasteiger partial charge on any atom is 0.0361 e. The Balaban J connectivity index is 1.60. The lowest BCUT2D eigenvalue weighted by Crippen LogP contribution is -2.25. The average molecular weight is 245 g/mol. The van der Waals surface area contributed by atoms with E-state index in [0.717, 1.165) is 18.4 Å². The highest BCUT2D eigenvalue weighted by atomic mass is 15.2. The van der Waals surface area contributed by atoms with E-state index in [9.17, 15) is 0 Å². The predicted octanol–water partition coefficient (Wildman–Crippen LogP) is 1.40. The van der Waals surface area contributed by atoms with Gasteiger partial charge >= 0.3 is 0 Å². The highest BCUT2D eigenvalue weighted by Gasteiger charge is 2.35. The SMILES string of the molecule is CN(C)c1ccc(CN2CC3CNCC3C2)cc1. The number of anilines is 1. The van der Waals surface area contributed by atoms with Gasteiger partial charge in [-0.25, -0.2) is 0 Å². The minimum atomic E-state index is 0.894. The summed E-state index contributed by atoms with van der Waals surface area (Å²) in [6.45, 7) is 6.10. The highest BCUT2D eigenvalue weighted by molar-refractivity contribution is 5.45. The molecule has 2 unspecified atom stereocenters. The molecule has 0 spiro atoms. The van der Waals surface area contributed by atoms with Crippen LogP contribution < -0.4 is 10.2 Å². The van der Waals surface area contributed by atoms with E-state index in [0.29, 0.717) is 0 Å². The maximum atomic E-state index is 3.50. The van der Waals surface area contributed by atoms with Gasteiger partial charge < -0.3 is 10.2 Å². The molecule has 0 saturated carbocycles. The number of nitrogens with one attached hydrogen (secondary N) is 1. The van der Waals surface area contributed by atoms with Gasteiger partial charge in [0.1, 0.15) is 0 Å². The molecular weight excluding hydrogens is 222 g/mol. The molecule has 2 aliphatic heterocycles. The molecule has 3 heteroatoms. The van der Waals surface area contributed by atoms with Crippen molar-refractivity contribution in [3.8, 4) is 0 Å². The van der Waals surface area contributed by atoms with Crippen molar-refractivity contribution in [1.29, 1.82) is 0 Å². The Labute approximate surface area is 110 Å². The number of likely N-dealkylation sites (tertiary alicyclic amines) is 1. The molecule has 98 valence electrons. The van der Waals surface area contributed by atoms with Crippen LogP contribution in [0.2, 0.25) is 0 Å². The molecule has 0 radical (unpaired) electrons. The van der Waals surface area contributed by atoms with Gasteiger partial charge in [-0.15, -0.1) is 0 Å². The fourth-order valence-corrected chi connectivity index (χ4v) is 3.24. The van der Waals surface area contributed by atoms with Gasteiger partial charge in [-0.2, -0.15) is 0 Å². The van der Waals surface area contributed by atoms with Crippen molar-refractivity contribution in [3.63, 3.8) is 0 Å². The van der Waals surface area contributed by atoms with Crippen LogP contribution in [0, 0.1) is 11.8 Å². The topological polar surface area (TPSA) is 18.5 Å². The van der Waals surface area contributed by atoms with Crippen LogP contribution in [-0.4, -0.2) is 45.2 Å². The maximum absolute atomic E-state index is 3.50. The Kier molecular flexibility index (Phi) is 3.27. The van der Waals surface area contributed by atoms with E-state index in [-0.39, 0.29) is 0 Å². The molecule has 2 aliphatic rings. The molecule has 2 fully saturated rings. The summed E-state index contributed by atoms with van der Waals surface area (Å²) in [6.07, 6.45) is 0. The second kappa shape index (κ2) is 4.90. The predicted molar refractivity (Wildman–Crippen MR) is 75.9 cm³/mol. The Morgan fingerprint density at radius 1 is 1.11 bits per heavy atom. The molecule has 0 aliphatic carbocycles. The van der Waals surface area contributed by atoms with Crippen LogP contribution in [-0.2, 0) is 6.54 Å². The highest BCUT2D eigenvalue weighted by Crippen LogP contribution is 2.27. The van der Waals surface area contributed by atoms with Crippen molar-refractivity contribution in [2.45, 2.75) is 6.54 Å². The van der Waals surface area contributed by atoms with Crippen molar-refractivity contribution in [2.75, 3.05) is 45.2 Å². The second-order valence-electron chi connectivity index (χ2n) is 5.93. The van der Waals surface area contributed by atoms with Crippen molar-refractivity contribution in [2.24, 2.45) is 11.8 Å². The van der Waals surface area contributed by atoms with Crippen molar-refractivity contribution in [3.05, 3.63) is 29.8 Å². The molecule has 1 aromatic carbocycles. The summed E-state index contributed by atoms with van der Waals surface area (Å²) in [6, 6.07) is 8.96. The van der Waals surface area contributed by atoms with Gasteiger partial charge in [0.2, 0.25) is 0 Å². The lowest BCUT2D eigenvalue weighted by atomic mass is 10.0. The second-order valence-corrected chi connectivity index (χ2v) is 5.93. The lowest BCUT2D eigenvalue weighted by Gasteiger charge is -2.18. The first-order valence-corrected chi connectivity index (χ1v) is 6.92. The summed E-state index contributed by atoms with van der Waals surface area (Å²) >= 11 is 0. The van der Waals surface area contributed by atoms with Gasteiger partial charge in [0, 0.05) is 39.4 Å². The summed E-state index contributed by atoms with van der Waals surface area (Å²) in [7, 11) is 4.17. The van der Waals surface area contributed by atoms with Crippen LogP contribution in [0.1, 0.15) is 5.56 Å². The summed E-state index contributed by atoms with van der Waals surface area (Å²) in [5.74, 6) is 1.79. The Morgan fingerprint density at radius 2 is 1.72 bits per heavy atom. The van der Waals surface area contributed by atoms with Crippen molar-refractivity contribution in [1.82, 2.24) is 10.2 Å². The number of nitrogens with zero attached hydrogens (tertiary/aromatic N) is 2. The number of hydrogen-bond acceptors (Lipinski definition) is 3. The molecule has 0 bridgehead atoms. The minimum absolute atomic E-state index is 0.894. The Hall–Kier alpha value is -1.06. The average Bonchev–Trinajstić information content (AvgIpc) is 2.90. The standard InChI is InChI=1S/C15H23N3/c1-17(2)15-5-3-12(4-6-15)9-18-10-13-7-16-8-14(13)11-18/h3-6,13-14,16H,7-11H2,1-2H3. The first-order valence-electron chi connectivity index (χ1n) is 6.92. The van der Waals surface area contributed by atoms with Crippen molar-refractivity contribution < 1.29 is 0 Å². The normalized spacial score (nSPS) is 27.4. The smallest absolute Gasteiger partial charge is 0.0361 e. The van der Waals surface area contributed by atoms with Crippen LogP contribution >= 0.6 is 0 Å². The largest absolute Gasteiger partial charge is 0.378 e. The fraction of sp³-hybridized carbons (Fsp3) is 0.600. The lowest BCUT2D eigenvalue weighted by molar-refractivity contribution is 0.305. The molecule has 3 nitrogen and oxygen atoms in total. The van der Waals surface area contributed by atoms with Crippen LogP contribution in [0.15, 0.2) is 24.3 Å². The zero-order chi connectivity index (χ0) is 12.5. The third-order valence-corrected chi connectivity index (χ3v) is 4.32.